The van der Waals surface area contributed by atoms with Crippen molar-refractivity contribution in [3.05, 3.63) is 183 Å². The minimum Gasteiger partial charge on any atom is -0.492 e. The summed E-state index contributed by atoms with van der Waals surface area (Å²) in [6, 6.07) is 31.3. The van der Waals surface area contributed by atoms with Gasteiger partial charge in [-0.2, -0.15) is 0 Å². The lowest BCUT2D eigenvalue weighted by molar-refractivity contribution is 0.0322. The van der Waals surface area contributed by atoms with Crippen LogP contribution in [0, 0.1) is 19.7 Å². The van der Waals surface area contributed by atoms with Crippen molar-refractivity contribution in [3.63, 3.8) is 0 Å². The third-order valence-corrected chi connectivity index (χ3v) is 14.5. The standard InChI is InChI=1S/C58H63FN6O4.CH4/c1-9-47(30-44-19-20-49(33-53(44)59)69-28-25-62-23-26-68-27-24-62)63-22-21-43-31-51(52(32-46(43)36-63)57(66)64-37-45-16-14-13-15-42(45)29-39(64)4)56-34-50(40(5)60(56)7)58(67)65(48-17-11-10-12-18-48)55-35-54(38(2)3)61(8)41(55)6;/h10-20,31-35,39H,1-2,21-30,36-37H2,3-8H3;1H4/t39-;/m1./s1. The highest BCUT2D eigenvalue weighted by atomic mass is 19.1. The molecule has 1 atom stereocenters. The Morgan fingerprint density at radius 3 is 2.27 bits per heavy atom. The average molecular weight is 943 g/mol. The van der Waals surface area contributed by atoms with E-state index in [9.17, 15) is 0 Å². The van der Waals surface area contributed by atoms with Crippen molar-refractivity contribution in [2.75, 3.05) is 50.9 Å². The van der Waals surface area contributed by atoms with Crippen LogP contribution in [0.5, 0.6) is 5.75 Å². The third-order valence-electron chi connectivity index (χ3n) is 14.5. The van der Waals surface area contributed by atoms with E-state index in [2.05, 4.69) is 70.5 Å². The van der Waals surface area contributed by atoms with Gasteiger partial charge in [-0.15, -0.1) is 5.73 Å². The number of ether oxygens (including phenoxy) is 2. The number of carbonyl (C=O) groups excluding carboxylic acids is 2. The van der Waals surface area contributed by atoms with Gasteiger partial charge in [0.05, 0.1) is 30.2 Å². The summed E-state index contributed by atoms with van der Waals surface area (Å²) in [5.74, 6) is -0.0687. The van der Waals surface area contributed by atoms with E-state index in [0.717, 1.165) is 107 Å². The van der Waals surface area contributed by atoms with E-state index in [4.69, 9.17) is 9.47 Å². The number of amides is 2. The summed E-state index contributed by atoms with van der Waals surface area (Å²) >= 11 is 0. The molecule has 70 heavy (non-hydrogen) atoms. The highest BCUT2D eigenvalue weighted by Crippen LogP contribution is 2.39. The molecule has 0 spiro atoms. The van der Waals surface area contributed by atoms with Crippen LogP contribution in [0.2, 0.25) is 0 Å². The van der Waals surface area contributed by atoms with E-state index in [1.807, 2.05) is 98.9 Å². The number of morpholine rings is 1. The van der Waals surface area contributed by atoms with Gasteiger partial charge >= 0.3 is 0 Å². The van der Waals surface area contributed by atoms with E-state index >= 15 is 14.0 Å². The molecule has 6 aromatic rings. The van der Waals surface area contributed by atoms with Crippen LogP contribution in [0.15, 0.2) is 122 Å². The van der Waals surface area contributed by atoms with Crippen LogP contribution in [-0.2, 0) is 51.2 Å². The van der Waals surface area contributed by atoms with Crippen molar-refractivity contribution in [1.29, 1.82) is 0 Å². The van der Waals surface area contributed by atoms with Gasteiger partial charge in [-0.05, 0) is 116 Å². The van der Waals surface area contributed by atoms with Gasteiger partial charge in [-0.25, -0.2) is 4.39 Å². The number of anilines is 2. The van der Waals surface area contributed by atoms with Gasteiger partial charge in [-0.1, -0.05) is 69.1 Å². The fourth-order valence-electron chi connectivity index (χ4n) is 10.2. The zero-order chi connectivity index (χ0) is 48.5. The smallest absolute Gasteiger partial charge is 0.264 e. The second-order valence-electron chi connectivity index (χ2n) is 18.9. The number of fused-ring (bicyclic) bond motifs is 2. The summed E-state index contributed by atoms with van der Waals surface area (Å²) in [4.78, 5) is 38.8. The van der Waals surface area contributed by atoms with Gasteiger partial charge in [0, 0.05) is 111 Å². The van der Waals surface area contributed by atoms with Gasteiger partial charge in [-0.3, -0.25) is 19.4 Å². The Morgan fingerprint density at radius 2 is 1.57 bits per heavy atom. The van der Waals surface area contributed by atoms with Crippen molar-refractivity contribution in [3.8, 4) is 17.0 Å². The van der Waals surface area contributed by atoms with Crippen LogP contribution < -0.4 is 9.64 Å². The molecular formula is C59H67FN6O4. The number of carbonyl (C=O) groups is 2. The summed E-state index contributed by atoms with van der Waals surface area (Å²) in [6.45, 7) is 22.4. The third kappa shape index (κ3) is 9.79. The molecular weight excluding hydrogens is 876 g/mol. The van der Waals surface area contributed by atoms with Crippen LogP contribution in [0.25, 0.3) is 16.8 Å². The number of hydrogen-bond donors (Lipinski definition) is 0. The van der Waals surface area contributed by atoms with Gasteiger partial charge in [0.2, 0.25) is 0 Å². The molecule has 2 amide bonds. The van der Waals surface area contributed by atoms with E-state index in [0.29, 0.717) is 61.5 Å². The SMILES string of the molecule is C.C=C=C(Cc1ccc(OCCN2CCOCC2)cc1F)N1CCc2cc(-c3cc(C(=O)N(c4ccccc4)c4cc(C(=C)C)n(C)c4C)c(C)n3C)c(C(=O)N3Cc4ccccc4C[C@H]3C)cc2C1. The topological polar surface area (TPSA) is 75.4 Å². The molecule has 0 unspecified atom stereocenters. The van der Waals surface area contributed by atoms with E-state index < -0.39 is 0 Å². The summed E-state index contributed by atoms with van der Waals surface area (Å²) in [5.41, 5.74) is 16.8. The first-order chi connectivity index (χ1) is 33.3. The second-order valence-corrected chi connectivity index (χ2v) is 18.9. The zero-order valence-corrected chi connectivity index (χ0v) is 40.9. The molecule has 10 nitrogen and oxygen atoms in total. The molecule has 2 aromatic heterocycles. The number of rotatable bonds is 13. The minimum absolute atomic E-state index is 0. The Morgan fingerprint density at radius 1 is 0.843 bits per heavy atom. The van der Waals surface area contributed by atoms with E-state index in [1.165, 1.54) is 11.6 Å². The Labute approximate surface area is 413 Å². The van der Waals surface area contributed by atoms with Gasteiger partial charge < -0.3 is 28.4 Å². The molecule has 364 valence electrons. The quantitative estimate of drug-likeness (QED) is 0.107. The molecule has 1 saturated heterocycles. The van der Waals surface area contributed by atoms with E-state index in [1.54, 1.807) is 11.0 Å². The summed E-state index contributed by atoms with van der Waals surface area (Å²) in [7, 11) is 3.97. The van der Waals surface area contributed by atoms with Gasteiger partial charge in [0.1, 0.15) is 18.2 Å². The largest absolute Gasteiger partial charge is 0.492 e. The highest BCUT2D eigenvalue weighted by molar-refractivity contribution is 6.13. The number of halogens is 1. The number of hydrogen-bond acceptors (Lipinski definition) is 6. The molecule has 1 fully saturated rings. The molecule has 0 radical (unpaired) electrons. The predicted molar refractivity (Wildman–Crippen MR) is 279 cm³/mol. The normalized spacial score (nSPS) is 15.6. The molecule has 11 heteroatoms. The first kappa shape index (κ1) is 49.5. The minimum atomic E-state index is -0.336. The first-order valence-electron chi connectivity index (χ1n) is 24.1. The fourth-order valence-corrected chi connectivity index (χ4v) is 10.2. The molecule has 0 N–H and O–H groups in total. The van der Waals surface area contributed by atoms with E-state index in [-0.39, 0.29) is 31.1 Å². The van der Waals surface area contributed by atoms with Crippen molar-refractivity contribution in [1.82, 2.24) is 23.8 Å². The first-order valence-corrected chi connectivity index (χ1v) is 24.1. The lowest BCUT2D eigenvalue weighted by atomic mass is 9.89. The van der Waals surface area contributed by atoms with Crippen LogP contribution in [0.3, 0.4) is 0 Å². The van der Waals surface area contributed by atoms with Crippen LogP contribution in [0.4, 0.5) is 15.8 Å². The zero-order valence-electron chi connectivity index (χ0n) is 40.9. The van der Waals surface area contributed by atoms with Crippen molar-refractivity contribution < 1.29 is 23.5 Å². The van der Waals surface area contributed by atoms with Crippen LogP contribution >= 0.6 is 0 Å². The maximum Gasteiger partial charge on any atom is 0.264 e. The van der Waals surface area contributed by atoms with Crippen molar-refractivity contribution in [2.24, 2.45) is 14.1 Å². The van der Waals surface area contributed by atoms with Crippen LogP contribution in [0.1, 0.15) is 86.9 Å². The Balaban J connectivity index is 0.00000659. The monoisotopic (exact) mass is 943 g/mol. The average Bonchev–Trinajstić information content (AvgIpc) is 3.82. The molecule has 3 aliphatic heterocycles. The maximum atomic E-state index is 15.7. The Kier molecular flexibility index (Phi) is 14.8. The predicted octanol–water partition coefficient (Wildman–Crippen LogP) is 11.0. The lowest BCUT2D eigenvalue weighted by Gasteiger charge is -2.36. The Bertz CT molecular complexity index is 2990. The molecule has 4 aromatic carbocycles. The maximum absolute atomic E-state index is 15.7. The molecule has 0 saturated carbocycles. The number of nitrogens with zero attached hydrogens (tertiary/aromatic N) is 6. The Hall–Kier alpha value is -6.91. The van der Waals surface area contributed by atoms with Gasteiger partial charge in [0.15, 0.2) is 0 Å². The number of aromatic nitrogens is 2. The highest BCUT2D eigenvalue weighted by Gasteiger charge is 2.33. The molecule has 3 aliphatic rings. The molecule has 9 rings (SSSR count). The van der Waals surface area contributed by atoms with Crippen molar-refractivity contribution in [2.45, 2.75) is 73.5 Å². The number of para-hydroxylation sites is 1. The summed E-state index contributed by atoms with van der Waals surface area (Å²) in [6.07, 6.45) is 1.75. The second kappa shape index (κ2) is 21.0. The van der Waals surface area contributed by atoms with Gasteiger partial charge in [0.25, 0.3) is 11.8 Å². The summed E-state index contributed by atoms with van der Waals surface area (Å²) < 4.78 is 31.2. The van der Waals surface area contributed by atoms with Crippen LogP contribution in [-0.4, -0.2) is 87.7 Å². The number of allylic oxidation sites excluding steroid dienone is 2. The summed E-state index contributed by atoms with van der Waals surface area (Å²) in [5, 5.41) is 0. The lowest BCUT2D eigenvalue weighted by Crippen LogP contribution is -2.43. The molecule has 5 heterocycles. The van der Waals surface area contributed by atoms with Crippen molar-refractivity contribution >= 4 is 28.8 Å². The molecule has 0 bridgehead atoms. The fraction of sp³-hybridized carbons (Fsp3) is 0.339. The number of benzene rings is 4. The molecule has 0 aliphatic carbocycles.